The number of nitrogen functional groups attached to an aromatic ring is 1. The highest BCUT2D eigenvalue weighted by Crippen LogP contribution is 2.40. The van der Waals surface area contributed by atoms with Crippen LogP contribution in [0.1, 0.15) is 82.6 Å². The van der Waals surface area contributed by atoms with Crippen molar-refractivity contribution in [2.75, 3.05) is 17.2 Å². The molecule has 4 aromatic rings. The first-order chi connectivity index (χ1) is 25.4. The molecule has 2 atom stereocenters. The van der Waals surface area contributed by atoms with Crippen LogP contribution in [0.2, 0.25) is 5.02 Å². The maximum absolute atomic E-state index is 13.5. The summed E-state index contributed by atoms with van der Waals surface area (Å²) in [6, 6.07) is 11.5. The zero-order valence-corrected chi connectivity index (χ0v) is 31.1. The molecule has 0 bridgehead atoms. The quantitative estimate of drug-likeness (QED) is 0.0535. The van der Waals surface area contributed by atoms with Gasteiger partial charge in [0.2, 0.25) is 5.91 Å². The van der Waals surface area contributed by atoms with E-state index < -0.39 is 12.1 Å². The highest BCUT2D eigenvalue weighted by Gasteiger charge is 2.43. The van der Waals surface area contributed by atoms with Gasteiger partial charge in [-0.25, -0.2) is 0 Å². The molecule has 4 N–H and O–H groups in total. The topological polar surface area (TPSA) is 165 Å². The Labute approximate surface area is 316 Å². The number of carbonyl (C=O) groups is 3. The predicted molar refractivity (Wildman–Crippen MR) is 207 cm³/mol. The van der Waals surface area contributed by atoms with Gasteiger partial charge in [0.25, 0.3) is 11.8 Å². The smallest absolute Gasteiger partial charge is 0.255 e. The Morgan fingerprint density at radius 3 is 2.58 bits per heavy atom. The van der Waals surface area contributed by atoms with Crippen LogP contribution in [0.3, 0.4) is 0 Å². The summed E-state index contributed by atoms with van der Waals surface area (Å²) in [7, 11) is 0. The summed E-state index contributed by atoms with van der Waals surface area (Å²) in [6.45, 7) is 6.62. The third kappa shape index (κ3) is 6.76. The second kappa shape index (κ2) is 14.4. The minimum absolute atomic E-state index is 0.204. The molecule has 0 aliphatic carbocycles. The molecule has 14 heteroatoms. The van der Waals surface area contributed by atoms with Crippen LogP contribution in [0.25, 0.3) is 0 Å². The number of anilines is 2. The van der Waals surface area contributed by atoms with Gasteiger partial charge in [0.1, 0.15) is 28.8 Å². The van der Waals surface area contributed by atoms with Crippen molar-refractivity contribution in [3.63, 3.8) is 0 Å². The number of piperidine rings is 1. The molecule has 0 spiro atoms. The molecule has 1 fully saturated rings. The second-order valence-electron chi connectivity index (χ2n) is 13.4. The number of nitrogens with one attached hydrogen (secondary N) is 2. The SMILES string of the molecule is CC(=N)N1C(=N)[C@H](C)N=C(c2ccc(Cl)cc2)c2c1sc(C#Cc1cnn(CCCCN3C(=O)CCC(N4Cc5c(N)cccc5C4=O)C3=O)c1)c2C. The number of imide groups is 1. The van der Waals surface area contributed by atoms with Crippen LogP contribution in [0, 0.1) is 29.6 Å². The molecule has 3 aliphatic rings. The van der Waals surface area contributed by atoms with E-state index in [0.717, 1.165) is 43.4 Å². The number of aryl methyl sites for hydroxylation is 1. The third-order valence-electron chi connectivity index (χ3n) is 9.85. The van der Waals surface area contributed by atoms with Crippen LogP contribution in [0.4, 0.5) is 10.7 Å². The van der Waals surface area contributed by atoms with E-state index in [1.807, 2.05) is 44.3 Å². The molecule has 0 saturated carbocycles. The number of carbonyl (C=O) groups excluding carboxylic acids is 3. The number of amidine groups is 2. The van der Waals surface area contributed by atoms with Gasteiger partial charge in [-0.15, -0.1) is 11.3 Å². The number of rotatable bonds is 7. The molecule has 3 aliphatic heterocycles. The highest BCUT2D eigenvalue weighted by atomic mass is 35.5. The number of thiophene rings is 1. The molecule has 1 saturated heterocycles. The van der Waals surface area contributed by atoms with Gasteiger partial charge in [-0.05, 0) is 69.9 Å². The van der Waals surface area contributed by atoms with Gasteiger partial charge >= 0.3 is 0 Å². The van der Waals surface area contributed by atoms with E-state index in [2.05, 4.69) is 16.9 Å². The zero-order chi connectivity index (χ0) is 37.6. The maximum atomic E-state index is 13.5. The van der Waals surface area contributed by atoms with Crippen LogP contribution in [-0.4, -0.2) is 73.3 Å². The van der Waals surface area contributed by atoms with Crippen molar-refractivity contribution in [1.29, 1.82) is 10.8 Å². The van der Waals surface area contributed by atoms with E-state index in [4.69, 9.17) is 33.1 Å². The van der Waals surface area contributed by atoms with Crippen LogP contribution in [0.5, 0.6) is 0 Å². The van der Waals surface area contributed by atoms with Crippen LogP contribution >= 0.6 is 22.9 Å². The summed E-state index contributed by atoms with van der Waals surface area (Å²) >= 11 is 7.62. The molecular formula is C39H38ClN9O3S. The molecule has 53 heavy (non-hydrogen) atoms. The van der Waals surface area contributed by atoms with Gasteiger partial charge in [0.15, 0.2) is 0 Å². The number of halogens is 1. The Bertz CT molecular complexity index is 2280. The number of aliphatic imine (C=N–C) groups is 1. The molecule has 2 aromatic carbocycles. The minimum Gasteiger partial charge on any atom is -0.398 e. The summed E-state index contributed by atoms with van der Waals surface area (Å²) in [5, 5.41) is 23.2. The fourth-order valence-corrected chi connectivity index (χ4v) is 8.38. The number of hydrogen-bond donors (Lipinski definition) is 3. The van der Waals surface area contributed by atoms with Gasteiger partial charge in [0.05, 0.1) is 22.3 Å². The third-order valence-corrected chi connectivity index (χ3v) is 11.3. The zero-order valence-electron chi connectivity index (χ0n) is 29.6. The molecule has 3 amide bonds. The standard InChI is InChI=1S/C39H38ClN9O3S/c1-22-32(53-39-34(22)35(26-10-12-27(40)13-11-26)45-23(2)36(43)49(39)24(3)41)15-9-25-19-44-46(20-25)17-4-5-18-47-33(50)16-14-31(38(47)52)48-21-29-28(37(48)51)7-6-8-30(29)42/h6-8,10-13,19-20,23,31,41,43H,4-5,14,16-18,21,42H2,1-3H3/t23-,31?/m0/s1. The van der Waals surface area contributed by atoms with Crippen LogP contribution in [-0.2, 0) is 22.7 Å². The van der Waals surface area contributed by atoms with Gasteiger partial charge in [-0.3, -0.25) is 44.7 Å². The summed E-state index contributed by atoms with van der Waals surface area (Å²) < 4.78 is 1.79. The van der Waals surface area contributed by atoms with Gasteiger partial charge in [0, 0.05) is 65.2 Å². The summed E-state index contributed by atoms with van der Waals surface area (Å²) in [4.78, 5) is 49.6. The lowest BCUT2D eigenvalue weighted by atomic mass is 9.99. The number of nitrogens with two attached hydrogens (primary N) is 1. The Kier molecular flexibility index (Phi) is 9.76. The molecular weight excluding hydrogens is 710 g/mol. The van der Waals surface area contributed by atoms with Crippen molar-refractivity contribution < 1.29 is 14.4 Å². The lowest BCUT2D eigenvalue weighted by Gasteiger charge is -2.35. The molecule has 12 nitrogen and oxygen atoms in total. The van der Waals surface area contributed by atoms with Crippen molar-refractivity contribution in [3.05, 3.63) is 98.1 Å². The number of likely N-dealkylation sites (tertiary alicyclic amines) is 1. The van der Waals surface area contributed by atoms with Gasteiger partial charge in [-0.2, -0.15) is 5.10 Å². The number of hydrogen-bond acceptors (Lipinski definition) is 9. The summed E-state index contributed by atoms with van der Waals surface area (Å²) in [6.07, 6.45) is 5.33. The number of unbranched alkanes of at least 4 members (excludes halogenated alkanes) is 1. The Morgan fingerprint density at radius 1 is 1.09 bits per heavy atom. The van der Waals surface area contributed by atoms with E-state index in [1.54, 1.807) is 45.8 Å². The fourth-order valence-electron chi connectivity index (χ4n) is 7.03. The average molecular weight is 748 g/mol. The molecule has 1 unspecified atom stereocenters. The van der Waals surface area contributed by atoms with Crippen molar-refractivity contribution in [1.82, 2.24) is 19.6 Å². The van der Waals surface area contributed by atoms with E-state index in [9.17, 15) is 14.4 Å². The largest absolute Gasteiger partial charge is 0.398 e. The lowest BCUT2D eigenvalue weighted by molar-refractivity contribution is -0.152. The lowest BCUT2D eigenvalue weighted by Crippen LogP contribution is -2.54. The molecule has 270 valence electrons. The highest BCUT2D eigenvalue weighted by molar-refractivity contribution is 7.17. The van der Waals surface area contributed by atoms with Crippen molar-refractivity contribution >= 4 is 68.7 Å². The first kappa shape index (κ1) is 35.8. The molecule has 2 aromatic heterocycles. The minimum atomic E-state index is -0.689. The maximum Gasteiger partial charge on any atom is 0.255 e. The van der Waals surface area contributed by atoms with Crippen molar-refractivity contribution in [2.24, 2.45) is 4.99 Å². The molecule has 5 heterocycles. The van der Waals surface area contributed by atoms with Crippen LogP contribution in [0.15, 0.2) is 59.9 Å². The molecule has 0 radical (unpaired) electrons. The number of aromatic nitrogens is 2. The predicted octanol–water partition coefficient (Wildman–Crippen LogP) is 5.86. The summed E-state index contributed by atoms with van der Waals surface area (Å²) in [5.74, 6) is 6.19. The number of benzene rings is 2. The number of nitrogens with zero attached hydrogens (tertiary/aromatic N) is 6. The Balaban J connectivity index is 1.01. The van der Waals surface area contributed by atoms with Crippen molar-refractivity contribution in [3.8, 4) is 11.8 Å². The Hall–Kier alpha value is -5.58. The molecule has 7 rings (SSSR count). The number of amides is 3. The monoisotopic (exact) mass is 747 g/mol. The van der Waals surface area contributed by atoms with E-state index in [0.29, 0.717) is 42.1 Å². The van der Waals surface area contributed by atoms with Crippen LogP contribution < -0.4 is 10.6 Å². The average Bonchev–Trinajstić information content (AvgIpc) is 3.80. The van der Waals surface area contributed by atoms with Gasteiger partial charge < -0.3 is 10.6 Å². The van der Waals surface area contributed by atoms with Crippen molar-refractivity contribution in [2.45, 2.75) is 71.6 Å². The first-order valence-electron chi connectivity index (χ1n) is 17.4. The van der Waals surface area contributed by atoms with E-state index in [1.165, 1.54) is 16.2 Å². The second-order valence-corrected chi connectivity index (χ2v) is 14.8. The Morgan fingerprint density at radius 2 is 1.85 bits per heavy atom. The van der Waals surface area contributed by atoms with Gasteiger partial charge in [-0.1, -0.05) is 41.6 Å². The van der Waals surface area contributed by atoms with E-state index in [-0.39, 0.29) is 48.9 Å². The normalized spacial score (nSPS) is 18.4. The van der Waals surface area contributed by atoms with E-state index >= 15 is 0 Å². The first-order valence-corrected chi connectivity index (χ1v) is 18.6. The fraction of sp³-hybridized carbons (Fsp3) is 0.308. The number of fused-ring (bicyclic) bond motifs is 2. The summed E-state index contributed by atoms with van der Waals surface area (Å²) in [5.41, 5.74) is 12.0.